The molecule has 0 bridgehead atoms. The van der Waals surface area contributed by atoms with Crippen LogP contribution in [0.3, 0.4) is 0 Å². The highest BCUT2D eigenvalue weighted by Gasteiger charge is 2.21. The van der Waals surface area contributed by atoms with Crippen molar-refractivity contribution in [3.63, 3.8) is 0 Å². The number of carbonyl (C=O) groups excluding carboxylic acids is 1. The molecule has 3 nitrogen and oxygen atoms in total. The van der Waals surface area contributed by atoms with E-state index in [2.05, 4.69) is 36.1 Å². The Bertz CT molecular complexity index is 676. The molecule has 1 aliphatic heterocycles. The highest BCUT2D eigenvalue weighted by atomic mass is 19.1. The third-order valence-corrected chi connectivity index (χ3v) is 4.27. The first kappa shape index (κ1) is 15.5. The molecule has 0 unspecified atom stereocenters. The Labute approximate surface area is 136 Å². The van der Waals surface area contributed by atoms with E-state index in [1.54, 1.807) is 12.1 Å². The van der Waals surface area contributed by atoms with Crippen molar-refractivity contribution in [2.75, 3.05) is 31.1 Å². The van der Waals surface area contributed by atoms with Crippen molar-refractivity contribution in [2.24, 2.45) is 0 Å². The van der Waals surface area contributed by atoms with Gasteiger partial charge in [0.15, 0.2) is 0 Å². The first-order chi connectivity index (χ1) is 11.1. The molecule has 2 aromatic rings. The van der Waals surface area contributed by atoms with Crippen molar-refractivity contribution in [3.05, 3.63) is 65.5 Å². The van der Waals surface area contributed by atoms with Crippen LogP contribution >= 0.6 is 0 Å². The molecule has 1 heterocycles. The van der Waals surface area contributed by atoms with Crippen LogP contribution in [0.4, 0.5) is 10.1 Å². The molecule has 1 saturated heterocycles. The normalized spacial score (nSPS) is 14.9. The predicted molar refractivity (Wildman–Crippen MR) is 90.1 cm³/mol. The SMILES string of the molecule is Cc1cccc(N2CCN(C(=O)Cc3ccc(F)cc3)CC2)c1. The topological polar surface area (TPSA) is 23.6 Å². The van der Waals surface area contributed by atoms with Gasteiger partial charge in [-0.1, -0.05) is 24.3 Å². The van der Waals surface area contributed by atoms with Crippen LogP contribution in [-0.4, -0.2) is 37.0 Å². The number of nitrogens with zero attached hydrogens (tertiary/aromatic N) is 2. The number of benzene rings is 2. The summed E-state index contributed by atoms with van der Waals surface area (Å²) in [7, 11) is 0. The van der Waals surface area contributed by atoms with Gasteiger partial charge in [0.25, 0.3) is 0 Å². The molecule has 1 fully saturated rings. The molecular weight excluding hydrogens is 291 g/mol. The van der Waals surface area contributed by atoms with E-state index in [1.165, 1.54) is 23.4 Å². The number of piperazine rings is 1. The molecule has 0 spiro atoms. The van der Waals surface area contributed by atoms with E-state index in [4.69, 9.17) is 0 Å². The van der Waals surface area contributed by atoms with Gasteiger partial charge < -0.3 is 9.80 Å². The molecule has 0 aliphatic carbocycles. The van der Waals surface area contributed by atoms with Crippen LogP contribution in [0.15, 0.2) is 48.5 Å². The quantitative estimate of drug-likeness (QED) is 0.870. The van der Waals surface area contributed by atoms with Crippen LogP contribution in [0.5, 0.6) is 0 Å². The first-order valence-corrected chi connectivity index (χ1v) is 7.96. The first-order valence-electron chi connectivity index (χ1n) is 7.96. The fourth-order valence-corrected chi connectivity index (χ4v) is 2.93. The molecule has 120 valence electrons. The van der Waals surface area contributed by atoms with Crippen LogP contribution in [0.25, 0.3) is 0 Å². The number of aryl methyl sites for hydroxylation is 1. The number of halogens is 1. The van der Waals surface area contributed by atoms with Crippen LogP contribution < -0.4 is 4.90 Å². The molecule has 23 heavy (non-hydrogen) atoms. The van der Waals surface area contributed by atoms with Gasteiger partial charge >= 0.3 is 0 Å². The maximum Gasteiger partial charge on any atom is 0.227 e. The van der Waals surface area contributed by atoms with Crippen molar-refractivity contribution in [1.82, 2.24) is 4.90 Å². The Morgan fingerprint density at radius 3 is 2.39 bits per heavy atom. The summed E-state index contributed by atoms with van der Waals surface area (Å²) in [6.45, 7) is 5.24. The Morgan fingerprint density at radius 1 is 1.04 bits per heavy atom. The second-order valence-electron chi connectivity index (χ2n) is 6.01. The van der Waals surface area contributed by atoms with E-state index >= 15 is 0 Å². The maximum atomic E-state index is 12.9. The van der Waals surface area contributed by atoms with E-state index in [1.807, 2.05) is 4.90 Å². The number of anilines is 1. The summed E-state index contributed by atoms with van der Waals surface area (Å²) in [5.41, 5.74) is 3.32. The lowest BCUT2D eigenvalue weighted by Gasteiger charge is -2.36. The molecule has 3 rings (SSSR count). The van der Waals surface area contributed by atoms with Gasteiger partial charge in [0.1, 0.15) is 5.82 Å². The van der Waals surface area contributed by atoms with Crippen molar-refractivity contribution in [2.45, 2.75) is 13.3 Å². The smallest absolute Gasteiger partial charge is 0.227 e. The van der Waals surface area contributed by atoms with Gasteiger partial charge in [-0.15, -0.1) is 0 Å². The summed E-state index contributed by atoms with van der Waals surface area (Å²) in [4.78, 5) is 16.6. The van der Waals surface area contributed by atoms with Crippen LogP contribution in [0.2, 0.25) is 0 Å². The lowest BCUT2D eigenvalue weighted by Crippen LogP contribution is -2.49. The second-order valence-corrected chi connectivity index (χ2v) is 6.01. The molecule has 4 heteroatoms. The van der Waals surface area contributed by atoms with Crippen molar-refractivity contribution in [1.29, 1.82) is 0 Å². The lowest BCUT2D eigenvalue weighted by atomic mass is 10.1. The summed E-state index contributed by atoms with van der Waals surface area (Å²) in [6, 6.07) is 14.6. The molecule has 0 radical (unpaired) electrons. The Hall–Kier alpha value is -2.36. The van der Waals surface area contributed by atoms with Gasteiger partial charge in [0, 0.05) is 31.9 Å². The summed E-state index contributed by atoms with van der Waals surface area (Å²) in [6.07, 6.45) is 0.338. The zero-order chi connectivity index (χ0) is 16.2. The number of hydrogen-bond donors (Lipinski definition) is 0. The minimum Gasteiger partial charge on any atom is -0.368 e. The summed E-state index contributed by atoms with van der Waals surface area (Å²) >= 11 is 0. The van der Waals surface area contributed by atoms with Crippen LogP contribution in [-0.2, 0) is 11.2 Å². The zero-order valence-corrected chi connectivity index (χ0v) is 13.3. The monoisotopic (exact) mass is 312 g/mol. The minimum absolute atomic E-state index is 0.112. The fraction of sp³-hybridized carbons (Fsp3) is 0.316. The Kier molecular flexibility index (Phi) is 4.60. The average molecular weight is 312 g/mol. The summed E-state index contributed by atoms with van der Waals surface area (Å²) in [5, 5.41) is 0. The van der Waals surface area contributed by atoms with E-state index in [9.17, 15) is 9.18 Å². The van der Waals surface area contributed by atoms with Crippen molar-refractivity contribution in [3.8, 4) is 0 Å². The summed E-state index contributed by atoms with van der Waals surface area (Å²) < 4.78 is 12.9. The molecule has 1 aliphatic rings. The van der Waals surface area contributed by atoms with Crippen LogP contribution in [0, 0.1) is 12.7 Å². The van der Waals surface area contributed by atoms with Gasteiger partial charge in [0.2, 0.25) is 5.91 Å². The average Bonchev–Trinajstić information content (AvgIpc) is 2.57. The van der Waals surface area contributed by atoms with Gasteiger partial charge in [0.05, 0.1) is 6.42 Å². The van der Waals surface area contributed by atoms with Gasteiger partial charge in [-0.25, -0.2) is 4.39 Å². The molecule has 1 amide bonds. The molecule has 0 saturated carbocycles. The molecule has 0 atom stereocenters. The van der Waals surface area contributed by atoms with E-state index in [0.29, 0.717) is 6.42 Å². The predicted octanol–water partition coefficient (Wildman–Crippen LogP) is 3.03. The van der Waals surface area contributed by atoms with Gasteiger partial charge in [-0.05, 0) is 42.3 Å². The fourth-order valence-electron chi connectivity index (χ4n) is 2.93. The van der Waals surface area contributed by atoms with Gasteiger partial charge in [-0.2, -0.15) is 0 Å². The highest BCUT2D eigenvalue weighted by Crippen LogP contribution is 2.18. The zero-order valence-electron chi connectivity index (χ0n) is 13.3. The molecule has 2 aromatic carbocycles. The third kappa shape index (κ3) is 3.89. The maximum absolute atomic E-state index is 12.9. The number of hydrogen-bond acceptors (Lipinski definition) is 2. The Balaban J connectivity index is 1.56. The summed E-state index contributed by atoms with van der Waals surface area (Å²) in [5.74, 6) is -0.159. The second kappa shape index (κ2) is 6.82. The minimum atomic E-state index is -0.270. The number of amides is 1. The van der Waals surface area contributed by atoms with Crippen LogP contribution in [0.1, 0.15) is 11.1 Å². The number of rotatable bonds is 3. The number of carbonyl (C=O) groups is 1. The molecular formula is C19H21FN2O. The highest BCUT2D eigenvalue weighted by molar-refractivity contribution is 5.79. The Morgan fingerprint density at radius 2 is 1.74 bits per heavy atom. The van der Waals surface area contributed by atoms with Crippen molar-refractivity contribution < 1.29 is 9.18 Å². The van der Waals surface area contributed by atoms with Gasteiger partial charge in [-0.3, -0.25) is 4.79 Å². The standard InChI is InChI=1S/C19H21FN2O/c1-15-3-2-4-18(13-15)21-9-11-22(12-10-21)19(23)14-16-5-7-17(20)8-6-16/h2-8,13H,9-12,14H2,1H3. The largest absolute Gasteiger partial charge is 0.368 e. The van der Waals surface area contributed by atoms with E-state index in [-0.39, 0.29) is 11.7 Å². The lowest BCUT2D eigenvalue weighted by molar-refractivity contribution is -0.130. The third-order valence-electron chi connectivity index (χ3n) is 4.27. The van der Waals surface area contributed by atoms with E-state index < -0.39 is 0 Å². The van der Waals surface area contributed by atoms with E-state index in [0.717, 1.165) is 31.7 Å². The molecule has 0 aromatic heterocycles. The molecule has 0 N–H and O–H groups in total. The van der Waals surface area contributed by atoms with Crippen molar-refractivity contribution >= 4 is 11.6 Å².